The molecule has 0 saturated heterocycles. The van der Waals surface area contributed by atoms with E-state index in [1.165, 1.54) is 0 Å². The Bertz CT molecular complexity index is 367. The van der Waals surface area contributed by atoms with Gasteiger partial charge in [0.2, 0.25) is 0 Å². The van der Waals surface area contributed by atoms with Crippen molar-refractivity contribution in [1.29, 1.82) is 0 Å². The van der Waals surface area contributed by atoms with Gasteiger partial charge in [0.05, 0.1) is 7.11 Å². The van der Waals surface area contributed by atoms with Crippen LogP contribution in [0.4, 0.5) is 0 Å². The van der Waals surface area contributed by atoms with E-state index in [0.29, 0.717) is 6.61 Å². The van der Waals surface area contributed by atoms with Crippen molar-refractivity contribution in [2.24, 2.45) is 5.73 Å². The van der Waals surface area contributed by atoms with Gasteiger partial charge in [-0.2, -0.15) is 0 Å². The third-order valence-electron chi connectivity index (χ3n) is 2.90. The number of nitrogens with zero attached hydrogens (tertiary/aromatic N) is 1. The first-order valence-corrected chi connectivity index (χ1v) is 5.83. The maximum atomic E-state index is 6.03. The summed E-state index contributed by atoms with van der Waals surface area (Å²) < 4.78 is 10.4. The number of pyridine rings is 1. The second-order valence-corrected chi connectivity index (χ2v) is 4.29. The lowest BCUT2D eigenvalue weighted by molar-refractivity contribution is 0.187. The third-order valence-corrected chi connectivity index (χ3v) is 2.90. The van der Waals surface area contributed by atoms with Crippen molar-refractivity contribution >= 4 is 0 Å². The number of nitrogens with two attached hydrogens (primary N) is 1. The van der Waals surface area contributed by atoms with Gasteiger partial charge in [-0.05, 0) is 20.3 Å². The topological polar surface area (TPSA) is 57.4 Å². The summed E-state index contributed by atoms with van der Waals surface area (Å²) in [7, 11) is 3.37. The van der Waals surface area contributed by atoms with Gasteiger partial charge >= 0.3 is 0 Å². The zero-order chi connectivity index (χ0) is 12.8. The van der Waals surface area contributed by atoms with Gasteiger partial charge in [0, 0.05) is 49.2 Å². The van der Waals surface area contributed by atoms with E-state index in [1.54, 1.807) is 14.2 Å². The van der Waals surface area contributed by atoms with E-state index in [-0.39, 0.29) is 6.04 Å². The largest absolute Gasteiger partial charge is 0.496 e. The highest BCUT2D eigenvalue weighted by atomic mass is 16.5. The molecule has 2 N–H and O–H groups in total. The van der Waals surface area contributed by atoms with E-state index in [9.17, 15) is 0 Å². The summed E-state index contributed by atoms with van der Waals surface area (Å²) in [6.45, 7) is 4.70. The lowest BCUT2D eigenvalue weighted by Crippen LogP contribution is -2.25. The van der Waals surface area contributed by atoms with E-state index in [4.69, 9.17) is 15.2 Å². The summed E-state index contributed by atoms with van der Waals surface area (Å²) in [5.74, 6) is 0.911. The molecule has 0 spiro atoms. The minimum Gasteiger partial charge on any atom is -0.496 e. The number of hydrogen-bond donors (Lipinski definition) is 1. The molecule has 1 heterocycles. The summed E-state index contributed by atoms with van der Waals surface area (Å²) in [5.41, 5.74) is 9.18. The first-order chi connectivity index (χ1) is 8.10. The van der Waals surface area contributed by atoms with Crippen molar-refractivity contribution in [2.45, 2.75) is 32.7 Å². The van der Waals surface area contributed by atoms with Crippen molar-refractivity contribution in [3.8, 4) is 5.75 Å². The molecule has 1 rings (SSSR count). The van der Waals surface area contributed by atoms with Crippen LogP contribution in [0.1, 0.15) is 23.2 Å². The Morgan fingerprint density at radius 2 is 2.06 bits per heavy atom. The van der Waals surface area contributed by atoms with Gasteiger partial charge in [-0.25, -0.2) is 0 Å². The average molecular weight is 238 g/mol. The van der Waals surface area contributed by atoms with Crippen LogP contribution in [0.15, 0.2) is 6.20 Å². The molecule has 17 heavy (non-hydrogen) atoms. The van der Waals surface area contributed by atoms with Crippen molar-refractivity contribution in [1.82, 2.24) is 4.98 Å². The first-order valence-electron chi connectivity index (χ1n) is 5.83. The average Bonchev–Trinajstić information content (AvgIpc) is 2.31. The van der Waals surface area contributed by atoms with Crippen molar-refractivity contribution in [2.75, 3.05) is 20.8 Å². The second-order valence-electron chi connectivity index (χ2n) is 4.29. The number of aromatic nitrogens is 1. The van der Waals surface area contributed by atoms with Crippen LogP contribution >= 0.6 is 0 Å². The van der Waals surface area contributed by atoms with Gasteiger partial charge in [0.25, 0.3) is 0 Å². The van der Waals surface area contributed by atoms with E-state index < -0.39 is 0 Å². The van der Waals surface area contributed by atoms with E-state index in [0.717, 1.165) is 35.4 Å². The summed E-state index contributed by atoms with van der Waals surface area (Å²) in [4.78, 5) is 4.43. The van der Waals surface area contributed by atoms with Crippen LogP contribution in [0.3, 0.4) is 0 Å². The standard InChI is InChI=1S/C13H22N2O2/c1-9-8-15-12(10(2)13(9)17-4)7-11(14)5-6-16-3/h8,11H,5-7,14H2,1-4H3. The molecule has 1 atom stereocenters. The van der Waals surface area contributed by atoms with Crippen LogP contribution in [-0.2, 0) is 11.2 Å². The third kappa shape index (κ3) is 3.68. The Labute approximate surface area is 103 Å². The van der Waals surface area contributed by atoms with E-state index in [2.05, 4.69) is 4.98 Å². The molecule has 0 saturated carbocycles. The zero-order valence-corrected chi connectivity index (χ0v) is 11.1. The van der Waals surface area contributed by atoms with Gasteiger partial charge in [-0.15, -0.1) is 0 Å². The molecule has 0 fully saturated rings. The Morgan fingerprint density at radius 1 is 1.35 bits per heavy atom. The lowest BCUT2D eigenvalue weighted by atomic mass is 10.0. The second kappa shape index (κ2) is 6.57. The molecule has 0 aromatic carbocycles. The maximum Gasteiger partial charge on any atom is 0.128 e. The minimum absolute atomic E-state index is 0.0774. The van der Waals surface area contributed by atoms with Gasteiger partial charge in [-0.1, -0.05) is 0 Å². The fourth-order valence-corrected chi connectivity index (χ4v) is 1.90. The number of methoxy groups -OCH3 is 2. The molecule has 0 aliphatic carbocycles. The monoisotopic (exact) mass is 238 g/mol. The molecule has 1 aromatic heterocycles. The normalized spacial score (nSPS) is 12.5. The van der Waals surface area contributed by atoms with Gasteiger partial charge < -0.3 is 15.2 Å². The fraction of sp³-hybridized carbons (Fsp3) is 0.615. The van der Waals surface area contributed by atoms with Crippen LogP contribution in [0.25, 0.3) is 0 Å². The molecule has 96 valence electrons. The molecule has 0 amide bonds. The highest BCUT2D eigenvalue weighted by molar-refractivity contribution is 5.41. The van der Waals surface area contributed by atoms with Crippen molar-refractivity contribution in [3.63, 3.8) is 0 Å². The molecule has 0 aliphatic rings. The predicted molar refractivity (Wildman–Crippen MR) is 68.4 cm³/mol. The predicted octanol–water partition coefficient (Wildman–Crippen LogP) is 1.61. The van der Waals surface area contributed by atoms with Gasteiger partial charge in [0.15, 0.2) is 0 Å². The molecular weight excluding hydrogens is 216 g/mol. The first kappa shape index (κ1) is 13.9. The van der Waals surface area contributed by atoms with Crippen molar-refractivity contribution in [3.05, 3.63) is 23.0 Å². The quantitative estimate of drug-likeness (QED) is 0.818. The smallest absolute Gasteiger partial charge is 0.128 e. The molecular formula is C13H22N2O2. The molecule has 4 heteroatoms. The van der Waals surface area contributed by atoms with Crippen LogP contribution < -0.4 is 10.5 Å². The van der Waals surface area contributed by atoms with Crippen LogP contribution in [0, 0.1) is 13.8 Å². The molecule has 0 radical (unpaired) electrons. The summed E-state index contributed by atoms with van der Waals surface area (Å²) in [6, 6.07) is 0.0774. The molecule has 0 bridgehead atoms. The van der Waals surface area contributed by atoms with Gasteiger partial charge in [-0.3, -0.25) is 4.98 Å². The van der Waals surface area contributed by atoms with Gasteiger partial charge in [0.1, 0.15) is 5.75 Å². The fourth-order valence-electron chi connectivity index (χ4n) is 1.90. The summed E-state index contributed by atoms with van der Waals surface area (Å²) in [5, 5.41) is 0. The summed E-state index contributed by atoms with van der Waals surface area (Å²) in [6.07, 6.45) is 3.43. The van der Waals surface area contributed by atoms with Crippen molar-refractivity contribution < 1.29 is 9.47 Å². The Balaban J connectivity index is 2.78. The number of hydrogen-bond acceptors (Lipinski definition) is 4. The Kier molecular flexibility index (Phi) is 5.38. The Hall–Kier alpha value is -1.13. The maximum absolute atomic E-state index is 6.03. The highest BCUT2D eigenvalue weighted by Crippen LogP contribution is 2.24. The lowest BCUT2D eigenvalue weighted by Gasteiger charge is -2.15. The van der Waals surface area contributed by atoms with Crippen LogP contribution in [0.5, 0.6) is 5.75 Å². The molecule has 0 aliphatic heterocycles. The molecule has 1 unspecified atom stereocenters. The Morgan fingerprint density at radius 3 is 2.65 bits per heavy atom. The van der Waals surface area contributed by atoms with E-state index >= 15 is 0 Å². The van der Waals surface area contributed by atoms with Crippen LogP contribution in [-0.4, -0.2) is 31.9 Å². The molecule has 4 nitrogen and oxygen atoms in total. The number of aryl methyl sites for hydroxylation is 1. The number of ether oxygens (including phenoxy) is 2. The summed E-state index contributed by atoms with van der Waals surface area (Å²) >= 11 is 0. The number of rotatable bonds is 6. The van der Waals surface area contributed by atoms with Crippen LogP contribution in [0.2, 0.25) is 0 Å². The minimum atomic E-state index is 0.0774. The SMILES string of the molecule is COCCC(N)Cc1ncc(C)c(OC)c1C. The highest BCUT2D eigenvalue weighted by Gasteiger charge is 2.12. The molecule has 1 aromatic rings. The zero-order valence-electron chi connectivity index (χ0n) is 11.1. The van der Waals surface area contributed by atoms with E-state index in [1.807, 2.05) is 20.0 Å².